The van der Waals surface area contributed by atoms with Crippen LogP contribution in [0.3, 0.4) is 0 Å². The lowest BCUT2D eigenvalue weighted by molar-refractivity contribution is 0.0671. The number of amides is 1. The number of carbonyl (C=O) groups is 1. The second-order valence-electron chi connectivity index (χ2n) is 9.57. The highest BCUT2D eigenvalue weighted by Crippen LogP contribution is 2.38. The van der Waals surface area contributed by atoms with Crippen molar-refractivity contribution in [3.8, 4) is 0 Å². The van der Waals surface area contributed by atoms with E-state index in [0.29, 0.717) is 11.6 Å². The van der Waals surface area contributed by atoms with Gasteiger partial charge in [-0.2, -0.15) is 0 Å². The van der Waals surface area contributed by atoms with E-state index < -0.39 is 0 Å². The van der Waals surface area contributed by atoms with E-state index in [0.717, 1.165) is 69.0 Å². The van der Waals surface area contributed by atoms with Gasteiger partial charge in [0, 0.05) is 25.1 Å². The Balaban J connectivity index is 1.63. The molecule has 0 N–H and O–H groups in total. The fourth-order valence-electron chi connectivity index (χ4n) is 4.33. The molecular formula is C21H35N3O2. The maximum absolute atomic E-state index is 13.1. The lowest BCUT2D eigenvalue weighted by atomic mass is 9.71. The first-order valence-corrected chi connectivity index (χ1v) is 10.2. The number of likely N-dealkylation sites (tertiary alicyclic amines) is 1. The molecule has 2 heterocycles. The van der Waals surface area contributed by atoms with E-state index in [4.69, 9.17) is 4.52 Å². The van der Waals surface area contributed by atoms with Crippen LogP contribution in [0.4, 0.5) is 0 Å². The Morgan fingerprint density at radius 2 is 1.92 bits per heavy atom. The molecule has 146 valence electrons. The predicted molar refractivity (Wildman–Crippen MR) is 103 cm³/mol. The molecule has 5 nitrogen and oxygen atoms in total. The number of fused-ring (bicyclic) bond motifs is 1. The number of hydrogen-bond acceptors (Lipinski definition) is 4. The molecule has 1 fully saturated rings. The maximum Gasteiger partial charge on any atom is 0.276 e. The average Bonchev–Trinajstić information content (AvgIpc) is 3.02. The van der Waals surface area contributed by atoms with Gasteiger partial charge in [0.15, 0.2) is 5.69 Å². The molecule has 2 aliphatic rings. The zero-order valence-corrected chi connectivity index (χ0v) is 17.2. The summed E-state index contributed by atoms with van der Waals surface area (Å²) in [5.74, 6) is 2.33. The first-order valence-electron chi connectivity index (χ1n) is 10.2. The van der Waals surface area contributed by atoms with Crippen molar-refractivity contribution >= 4 is 5.91 Å². The largest absolute Gasteiger partial charge is 0.360 e. The van der Waals surface area contributed by atoms with E-state index in [1.807, 2.05) is 4.90 Å². The van der Waals surface area contributed by atoms with Crippen LogP contribution < -0.4 is 0 Å². The van der Waals surface area contributed by atoms with Gasteiger partial charge < -0.3 is 14.3 Å². The Morgan fingerprint density at radius 1 is 1.23 bits per heavy atom. The van der Waals surface area contributed by atoms with E-state index in [2.05, 4.69) is 44.9 Å². The van der Waals surface area contributed by atoms with Gasteiger partial charge in [-0.1, -0.05) is 25.9 Å². The molecule has 0 aromatic carbocycles. The highest BCUT2D eigenvalue weighted by Gasteiger charge is 2.35. The minimum absolute atomic E-state index is 0.0793. The number of rotatable bonds is 4. The zero-order valence-electron chi connectivity index (χ0n) is 17.2. The van der Waals surface area contributed by atoms with Gasteiger partial charge in [-0.05, 0) is 70.0 Å². The molecule has 1 aromatic heterocycles. The van der Waals surface area contributed by atoms with E-state index in [1.165, 1.54) is 6.42 Å². The molecule has 1 atom stereocenters. The van der Waals surface area contributed by atoms with E-state index in [-0.39, 0.29) is 11.3 Å². The zero-order chi connectivity index (χ0) is 18.9. The molecule has 1 aliphatic carbocycles. The lowest BCUT2D eigenvalue weighted by Crippen LogP contribution is -2.39. The highest BCUT2D eigenvalue weighted by atomic mass is 16.5. The molecule has 1 aliphatic heterocycles. The Hall–Kier alpha value is -1.36. The molecular weight excluding hydrogens is 326 g/mol. The number of carbonyl (C=O) groups excluding carboxylic acids is 1. The molecule has 1 aromatic rings. The smallest absolute Gasteiger partial charge is 0.276 e. The van der Waals surface area contributed by atoms with E-state index in [9.17, 15) is 4.79 Å². The minimum atomic E-state index is 0.0793. The Kier molecular flexibility index (Phi) is 5.75. The van der Waals surface area contributed by atoms with Crippen LogP contribution in [-0.2, 0) is 12.8 Å². The average molecular weight is 362 g/mol. The number of nitrogens with zero attached hydrogens (tertiary/aromatic N) is 3. The molecule has 0 saturated carbocycles. The summed E-state index contributed by atoms with van der Waals surface area (Å²) in [5, 5.41) is 4.20. The molecule has 0 spiro atoms. The van der Waals surface area contributed by atoms with Gasteiger partial charge in [-0.3, -0.25) is 4.79 Å². The molecule has 1 unspecified atom stereocenters. The van der Waals surface area contributed by atoms with Crippen LogP contribution in [0.2, 0.25) is 0 Å². The van der Waals surface area contributed by atoms with Crippen LogP contribution >= 0.6 is 0 Å². The molecule has 1 amide bonds. The normalized spacial score (nSPS) is 21.9. The Labute approximate surface area is 158 Å². The van der Waals surface area contributed by atoms with Gasteiger partial charge in [0.05, 0.1) is 0 Å². The third kappa shape index (κ3) is 4.30. The standard InChI is InChI=1S/C21H35N3O2/c1-21(2,3)16-6-7-18-17(14-16)19(22-26-18)20(25)24-12-9-15(10-13-24)8-11-23(4)5/h15-16H,6-14H2,1-5H3. The van der Waals surface area contributed by atoms with Gasteiger partial charge >= 0.3 is 0 Å². The van der Waals surface area contributed by atoms with Crippen LogP contribution in [0.1, 0.15) is 68.3 Å². The minimum Gasteiger partial charge on any atom is -0.360 e. The van der Waals surface area contributed by atoms with Crippen LogP contribution in [0, 0.1) is 17.3 Å². The van der Waals surface area contributed by atoms with Crippen LogP contribution in [-0.4, -0.2) is 54.6 Å². The Bertz CT molecular complexity index is 622. The molecule has 3 rings (SSSR count). The van der Waals surface area contributed by atoms with Crippen LogP contribution in [0.25, 0.3) is 0 Å². The fourth-order valence-corrected chi connectivity index (χ4v) is 4.33. The second kappa shape index (κ2) is 7.71. The van der Waals surface area contributed by atoms with E-state index in [1.54, 1.807) is 0 Å². The predicted octanol–water partition coefficient (Wildman–Crippen LogP) is 3.63. The first kappa shape index (κ1) is 19.4. The third-order valence-electron chi connectivity index (χ3n) is 6.35. The second-order valence-corrected chi connectivity index (χ2v) is 9.57. The molecule has 26 heavy (non-hydrogen) atoms. The Morgan fingerprint density at radius 3 is 2.54 bits per heavy atom. The SMILES string of the molecule is CN(C)CCC1CCN(C(=O)c2noc3c2CC(C(C)(C)C)CC3)CC1. The number of hydrogen-bond donors (Lipinski definition) is 0. The van der Waals surface area contributed by atoms with Crippen molar-refractivity contribution in [2.24, 2.45) is 17.3 Å². The van der Waals surface area contributed by atoms with Crippen molar-refractivity contribution in [1.29, 1.82) is 0 Å². The van der Waals surface area contributed by atoms with Crippen molar-refractivity contribution in [2.45, 2.75) is 59.3 Å². The van der Waals surface area contributed by atoms with Crippen molar-refractivity contribution in [2.75, 3.05) is 33.7 Å². The molecule has 0 bridgehead atoms. The molecule has 5 heteroatoms. The summed E-state index contributed by atoms with van der Waals surface area (Å²) < 4.78 is 5.54. The van der Waals surface area contributed by atoms with Crippen molar-refractivity contribution < 1.29 is 9.32 Å². The number of aromatic nitrogens is 1. The monoisotopic (exact) mass is 361 g/mol. The first-order chi connectivity index (χ1) is 12.3. The van der Waals surface area contributed by atoms with Crippen LogP contribution in [0.15, 0.2) is 4.52 Å². The number of piperidine rings is 1. The highest BCUT2D eigenvalue weighted by molar-refractivity contribution is 5.94. The summed E-state index contributed by atoms with van der Waals surface area (Å²) in [6, 6.07) is 0. The van der Waals surface area contributed by atoms with Gasteiger partial charge in [-0.25, -0.2) is 0 Å². The van der Waals surface area contributed by atoms with E-state index >= 15 is 0 Å². The van der Waals surface area contributed by atoms with Gasteiger partial charge in [0.1, 0.15) is 5.76 Å². The summed E-state index contributed by atoms with van der Waals surface area (Å²) in [5.41, 5.74) is 1.91. The number of aryl methyl sites for hydroxylation is 1. The third-order valence-corrected chi connectivity index (χ3v) is 6.35. The van der Waals surface area contributed by atoms with Crippen LogP contribution in [0.5, 0.6) is 0 Å². The van der Waals surface area contributed by atoms with Crippen molar-refractivity contribution in [3.05, 3.63) is 17.0 Å². The molecule has 1 saturated heterocycles. The fraction of sp³-hybridized carbons (Fsp3) is 0.810. The molecule has 0 radical (unpaired) electrons. The maximum atomic E-state index is 13.1. The summed E-state index contributed by atoms with van der Waals surface area (Å²) >= 11 is 0. The topological polar surface area (TPSA) is 49.6 Å². The lowest BCUT2D eigenvalue weighted by Gasteiger charge is -2.34. The van der Waals surface area contributed by atoms with Gasteiger partial charge in [0.25, 0.3) is 5.91 Å². The summed E-state index contributed by atoms with van der Waals surface area (Å²) in [6.45, 7) is 9.69. The van der Waals surface area contributed by atoms with Gasteiger partial charge in [0.2, 0.25) is 0 Å². The summed E-state index contributed by atoms with van der Waals surface area (Å²) in [7, 11) is 4.24. The summed E-state index contributed by atoms with van der Waals surface area (Å²) in [4.78, 5) is 17.3. The van der Waals surface area contributed by atoms with Gasteiger partial charge in [-0.15, -0.1) is 0 Å². The quantitative estimate of drug-likeness (QED) is 0.822. The van der Waals surface area contributed by atoms with Crippen molar-refractivity contribution in [3.63, 3.8) is 0 Å². The van der Waals surface area contributed by atoms with Crippen molar-refractivity contribution in [1.82, 2.24) is 15.0 Å². The summed E-state index contributed by atoms with van der Waals surface area (Å²) in [6.07, 6.45) is 6.37.